The minimum Gasteiger partial charge on any atom is -0.351 e. The number of hydrogen-bond donors (Lipinski definition) is 2. The number of rotatable bonds is 6. The van der Waals surface area contributed by atoms with Crippen molar-refractivity contribution in [1.82, 2.24) is 5.32 Å². The number of amides is 1. The third kappa shape index (κ3) is 4.90. The molecule has 2 aromatic rings. The maximum absolute atomic E-state index is 11.8. The van der Waals surface area contributed by atoms with Crippen LogP contribution in [-0.4, -0.2) is 11.9 Å². The maximum atomic E-state index is 11.8. The van der Waals surface area contributed by atoms with Crippen LogP contribution in [0, 0.1) is 5.92 Å². The summed E-state index contributed by atoms with van der Waals surface area (Å²) in [6.45, 7) is 4.40. The van der Waals surface area contributed by atoms with Gasteiger partial charge in [-0.3, -0.25) is 4.79 Å². The van der Waals surface area contributed by atoms with E-state index in [0.29, 0.717) is 6.54 Å². The van der Waals surface area contributed by atoms with E-state index in [9.17, 15) is 4.79 Å². The number of carbonyl (C=O) groups is 1. The SMILES string of the molecule is CC(C)[C@H](N)C(=O)NCc1ccc(Sc2ccccc2)cc1. The van der Waals surface area contributed by atoms with E-state index < -0.39 is 6.04 Å². The van der Waals surface area contributed by atoms with Crippen LogP contribution in [0.25, 0.3) is 0 Å². The van der Waals surface area contributed by atoms with Gasteiger partial charge in [0.1, 0.15) is 0 Å². The summed E-state index contributed by atoms with van der Waals surface area (Å²) in [7, 11) is 0. The van der Waals surface area contributed by atoms with Crippen LogP contribution in [0.2, 0.25) is 0 Å². The van der Waals surface area contributed by atoms with Crippen molar-refractivity contribution in [3.8, 4) is 0 Å². The van der Waals surface area contributed by atoms with Gasteiger partial charge >= 0.3 is 0 Å². The van der Waals surface area contributed by atoms with Crippen molar-refractivity contribution in [1.29, 1.82) is 0 Å². The van der Waals surface area contributed by atoms with Crippen LogP contribution in [0.15, 0.2) is 64.4 Å². The Morgan fingerprint density at radius 3 is 2.23 bits per heavy atom. The summed E-state index contributed by atoms with van der Waals surface area (Å²) >= 11 is 1.72. The molecule has 4 heteroatoms. The topological polar surface area (TPSA) is 55.1 Å². The summed E-state index contributed by atoms with van der Waals surface area (Å²) in [5, 5.41) is 2.88. The van der Waals surface area contributed by atoms with E-state index in [1.807, 2.05) is 44.2 Å². The Labute approximate surface area is 136 Å². The molecule has 0 radical (unpaired) electrons. The van der Waals surface area contributed by atoms with Crippen molar-refractivity contribution in [3.05, 3.63) is 60.2 Å². The quantitative estimate of drug-likeness (QED) is 0.859. The Kier molecular flexibility index (Phi) is 6.04. The van der Waals surface area contributed by atoms with Crippen molar-refractivity contribution < 1.29 is 4.79 Å². The zero-order valence-corrected chi connectivity index (χ0v) is 13.8. The average Bonchev–Trinajstić information content (AvgIpc) is 2.54. The molecule has 0 saturated heterocycles. The minimum absolute atomic E-state index is 0.0993. The highest BCUT2D eigenvalue weighted by molar-refractivity contribution is 7.99. The monoisotopic (exact) mass is 314 g/mol. The first-order valence-corrected chi connectivity index (χ1v) is 8.23. The van der Waals surface area contributed by atoms with E-state index in [0.717, 1.165) is 5.56 Å². The number of nitrogens with one attached hydrogen (secondary N) is 1. The lowest BCUT2D eigenvalue weighted by molar-refractivity contribution is -0.123. The standard InChI is InChI=1S/C18H22N2OS/c1-13(2)17(19)18(21)20-12-14-8-10-16(11-9-14)22-15-6-4-3-5-7-15/h3-11,13,17H,12,19H2,1-2H3,(H,20,21)/t17-/m0/s1. The third-order valence-electron chi connectivity index (χ3n) is 3.39. The Balaban J connectivity index is 1.88. The average molecular weight is 314 g/mol. The van der Waals surface area contributed by atoms with Gasteiger partial charge in [0.25, 0.3) is 0 Å². The summed E-state index contributed by atoms with van der Waals surface area (Å²) in [6.07, 6.45) is 0. The Morgan fingerprint density at radius 1 is 1.05 bits per heavy atom. The van der Waals surface area contributed by atoms with Crippen LogP contribution in [0.3, 0.4) is 0 Å². The Hall–Kier alpha value is -1.78. The second kappa shape index (κ2) is 8.01. The van der Waals surface area contributed by atoms with Gasteiger partial charge < -0.3 is 11.1 Å². The molecule has 0 fully saturated rings. The van der Waals surface area contributed by atoms with Crippen molar-refractivity contribution in [2.75, 3.05) is 0 Å². The molecule has 0 heterocycles. The number of carbonyl (C=O) groups excluding carboxylic acids is 1. The second-order valence-corrected chi connectivity index (χ2v) is 6.69. The summed E-state index contributed by atoms with van der Waals surface area (Å²) in [6, 6.07) is 18.0. The molecule has 22 heavy (non-hydrogen) atoms. The molecule has 3 nitrogen and oxygen atoms in total. The maximum Gasteiger partial charge on any atom is 0.237 e. The molecule has 0 spiro atoms. The summed E-state index contributed by atoms with van der Waals surface area (Å²) in [4.78, 5) is 14.2. The van der Waals surface area contributed by atoms with Gasteiger partial charge in [-0.25, -0.2) is 0 Å². The molecule has 1 atom stereocenters. The van der Waals surface area contributed by atoms with Crippen molar-refractivity contribution >= 4 is 17.7 Å². The van der Waals surface area contributed by atoms with Gasteiger partial charge in [-0.15, -0.1) is 0 Å². The fourth-order valence-corrected chi connectivity index (χ4v) is 2.75. The highest BCUT2D eigenvalue weighted by atomic mass is 32.2. The van der Waals surface area contributed by atoms with Gasteiger partial charge in [-0.2, -0.15) is 0 Å². The van der Waals surface area contributed by atoms with E-state index in [2.05, 4.69) is 29.6 Å². The lowest BCUT2D eigenvalue weighted by Gasteiger charge is -2.15. The van der Waals surface area contributed by atoms with Gasteiger partial charge in [0.2, 0.25) is 5.91 Å². The molecule has 2 rings (SSSR count). The zero-order chi connectivity index (χ0) is 15.9. The summed E-state index contributed by atoms with van der Waals surface area (Å²) < 4.78 is 0. The molecular weight excluding hydrogens is 292 g/mol. The van der Waals surface area contributed by atoms with Crippen LogP contribution in [0.1, 0.15) is 19.4 Å². The van der Waals surface area contributed by atoms with Crippen LogP contribution in [0.5, 0.6) is 0 Å². The van der Waals surface area contributed by atoms with E-state index in [4.69, 9.17) is 5.73 Å². The van der Waals surface area contributed by atoms with E-state index in [1.165, 1.54) is 9.79 Å². The van der Waals surface area contributed by atoms with E-state index in [1.54, 1.807) is 11.8 Å². The molecule has 1 amide bonds. The molecule has 0 bridgehead atoms. The summed E-state index contributed by atoms with van der Waals surface area (Å²) in [5.41, 5.74) is 6.89. The molecule has 0 aliphatic heterocycles. The highest BCUT2D eigenvalue weighted by Crippen LogP contribution is 2.27. The first kappa shape index (κ1) is 16.6. The second-order valence-electron chi connectivity index (χ2n) is 5.55. The molecule has 0 aliphatic rings. The Bertz CT molecular complexity index is 596. The molecular formula is C18H22N2OS. The van der Waals surface area contributed by atoms with E-state index >= 15 is 0 Å². The normalized spacial score (nSPS) is 12.2. The number of hydrogen-bond acceptors (Lipinski definition) is 3. The largest absolute Gasteiger partial charge is 0.351 e. The predicted octanol–water partition coefficient (Wildman–Crippen LogP) is 3.44. The summed E-state index contributed by atoms with van der Waals surface area (Å²) in [5.74, 6) is 0.0439. The molecule has 0 unspecified atom stereocenters. The molecule has 0 saturated carbocycles. The van der Waals surface area contributed by atoms with Crippen LogP contribution in [-0.2, 0) is 11.3 Å². The fourth-order valence-electron chi connectivity index (χ4n) is 1.91. The number of nitrogens with two attached hydrogens (primary N) is 1. The molecule has 116 valence electrons. The van der Waals surface area contributed by atoms with Crippen LogP contribution < -0.4 is 11.1 Å². The predicted molar refractivity (Wildman–Crippen MR) is 91.7 cm³/mol. The number of benzene rings is 2. The fraction of sp³-hybridized carbons (Fsp3) is 0.278. The molecule has 0 aromatic heterocycles. The van der Waals surface area contributed by atoms with Crippen LogP contribution >= 0.6 is 11.8 Å². The minimum atomic E-state index is -0.451. The van der Waals surface area contributed by atoms with Gasteiger partial charge in [0.05, 0.1) is 6.04 Å². The first-order chi connectivity index (χ1) is 10.6. The van der Waals surface area contributed by atoms with Crippen molar-refractivity contribution in [2.45, 2.75) is 36.2 Å². The van der Waals surface area contributed by atoms with Gasteiger partial charge in [-0.05, 0) is 35.7 Å². The highest BCUT2D eigenvalue weighted by Gasteiger charge is 2.16. The van der Waals surface area contributed by atoms with Crippen molar-refractivity contribution in [2.24, 2.45) is 11.7 Å². The van der Waals surface area contributed by atoms with Crippen LogP contribution in [0.4, 0.5) is 0 Å². The van der Waals surface area contributed by atoms with Crippen molar-refractivity contribution in [3.63, 3.8) is 0 Å². The first-order valence-electron chi connectivity index (χ1n) is 7.41. The molecule has 2 aromatic carbocycles. The Morgan fingerprint density at radius 2 is 1.64 bits per heavy atom. The van der Waals surface area contributed by atoms with Gasteiger partial charge in [0.15, 0.2) is 0 Å². The molecule has 0 aliphatic carbocycles. The third-order valence-corrected chi connectivity index (χ3v) is 4.41. The smallest absolute Gasteiger partial charge is 0.237 e. The molecule has 3 N–H and O–H groups in total. The van der Waals surface area contributed by atoms with Gasteiger partial charge in [0, 0.05) is 16.3 Å². The van der Waals surface area contributed by atoms with E-state index in [-0.39, 0.29) is 11.8 Å². The lowest BCUT2D eigenvalue weighted by Crippen LogP contribution is -2.43. The zero-order valence-electron chi connectivity index (χ0n) is 13.0. The lowest BCUT2D eigenvalue weighted by atomic mass is 10.0. The van der Waals surface area contributed by atoms with Gasteiger partial charge in [-0.1, -0.05) is 55.9 Å².